The molecule has 1 N–H and O–H groups in total. The average Bonchev–Trinajstić information content (AvgIpc) is 2.90. The fourth-order valence-electron chi connectivity index (χ4n) is 4.48. The number of halogens is 1. The molecule has 2 aliphatic carbocycles. The fourth-order valence-corrected chi connectivity index (χ4v) is 6.06. The first-order valence-electron chi connectivity index (χ1n) is 8.24. The van der Waals surface area contributed by atoms with Gasteiger partial charge in [0.25, 0.3) is 0 Å². The van der Waals surface area contributed by atoms with Gasteiger partial charge >= 0.3 is 0 Å². The lowest BCUT2D eigenvalue weighted by Gasteiger charge is -2.42. The van der Waals surface area contributed by atoms with Crippen LogP contribution in [0.25, 0.3) is 0 Å². The zero-order chi connectivity index (χ0) is 13.9. The van der Waals surface area contributed by atoms with Crippen molar-refractivity contribution in [3.63, 3.8) is 0 Å². The van der Waals surface area contributed by atoms with Crippen LogP contribution in [0.2, 0.25) is 0 Å². The zero-order valence-electron chi connectivity index (χ0n) is 12.4. The van der Waals surface area contributed by atoms with Gasteiger partial charge in [-0.2, -0.15) is 11.3 Å². The predicted molar refractivity (Wildman–Crippen MR) is 91.2 cm³/mol. The van der Waals surface area contributed by atoms with E-state index >= 15 is 0 Å². The molecule has 1 aromatic heterocycles. The lowest BCUT2D eigenvalue weighted by atomic mass is 9.65. The molecule has 0 bridgehead atoms. The van der Waals surface area contributed by atoms with Crippen LogP contribution >= 0.6 is 27.3 Å². The van der Waals surface area contributed by atoms with Gasteiger partial charge in [0.15, 0.2) is 0 Å². The van der Waals surface area contributed by atoms with Gasteiger partial charge in [-0.25, -0.2) is 0 Å². The van der Waals surface area contributed by atoms with Crippen molar-refractivity contribution in [2.75, 3.05) is 6.54 Å². The Bertz CT molecular complexity index is 430. The third-order valence-electron chi connectivity index (χ3n) is 5.45. The Morgan fingerprint density at radius 1 is 1.20 bits per heavy atom. The smallest absolute Gasteiger partial charge is 0.0368 e. The highest BCUT2D eigenvalue weighted by molar-refractivity contribution is 9.10. The Kier molecular flexibility index (Phi) is 5.22. The van der Waals surface area contributed by atoms with Gasteiger partial charge in [-0.1, -0.05) is 32.6 Å². The second-order valence-corrected chi connectivity index (χ2v) is 8.19. The summed E-state index contributed by atoms with van der Waals surface area (Å²) in [6.45, 7) is 3.30. The standard InChI is InChI=1S/C17H26BrNS/c1-2-19-17(15-10-20-11-16(15)18)14-8-7-12-5-3-4-6-13(12)9-14/h10-14,17,19H,2-9H2,1H3. The van der Waals surface area contributed by atoms with Gasteiger partial charge in [0.1, 0.15) is 0 Å². The molecule has 2 saturated carbocycles. The van der Waals surface area contributed by atoms with E-state index in [1.165, 1.54) is 55.0 Å². The molecule has 1 aromatic rings. The first kappa shape index (κ1) is 15.1. The van der Waals surface area contributed by atoms with Crippen LogP contribution in [-0.2, 0) is 0 Å². The van der Waals surface area contributed by atoms with Crippen LogP contribution in [0.5, 0.6) is 0 Å². The van der Waals surface area contributed by atoms with Crippen LogP contribution in [0.4, 0.5) is 0 Å². The van der Waals surface area contributed by atoms with Gasteiger partial charge in [0.05, 0.1) is 0 Å². The molecule has 0 aromatic carbocycles. The first-order chi connectivity index (χ1) is 9.79. The maximum Gasteiger partial charge on any atom is 0.0368 e. The molecular weight excluding hydrogens is 330 g/mol. The Morgan fingerprint density at radius 3 is 2.70 bits per heavy atom. The molecule has 1 heterocycles. The zero-order valence-corrected chi connectivity index (χ0v) is 14.8. The van der Waals surface area contributed by atoms with Gasteiger partial charge < -0.3 is 5.32 Å². The third-order valence-corrected chi connectivity index (χ3v) is 7.20. The molecule has 4 atom stereocenters. The minimum absolute atomic E-state index is 0.559. The van der Waals surface area contributed by atoms with Crippen molar-refractivity contribution in [2.24, 2.45) is 17.8 Å². The van der Waals surface area contributed by atoms with E-state index in [0.29, 0.717) is 6.04 Å². The van der Waals surface area contributed by atoms with Crippen molar-refractivity contribution in [1.82, 2.24) is 5.32 Å². The van der Waals surface area contributed by atoms with Crippen molar-refractivity contribution < 1.29 is 0 Å². The normalized spacial score (nSPS) is 31.8. The number of hydrogen-bond donors (Lipinski definition) is 1. The van der Waals surface area contributed by atoms with E-state index in [0.717, 1.165) is 24.3 Å². The van der Waals surface area contributed by atoms with E-state index in [4.69, 9.17) is 0 Å². The van der Waals surface area contributed by atoms with Crippen molar-refractivity contribution in [1.29, 1.82) is 0 Å². The second kappa shape index (κ2) is 6.93. The van der Waals surface area contributed by atoms with Gasteiger partial charge in [-0.05, 0) is 70.4 Å². The minimum Gasteiger partial charge on any atom is -0.310 e. The fraction of sp³-hybridized carbons (Fsp3) is 0.765. The van der Waals surface area contributed by atoms with E-state index in [1.807, 2.05) is 11.3 Å². The number of thiophene rings is 1. The summed E-state index contributed by atoms with van der Waals surface area (Å²) < 4.78 is 1.30. The molecule has 0 spiro atoms. The van der Waals surface area contributed by atoms with Gasteiger partial charge in [-0.15, -0.1) is 0 Å². The van der Waals surface area contributed by atoms with Crippen LogP contribution < -0.4 is 5.32 Å². The number of nitrogens with one attached hydrogen (secondary N) is 1. The van der Waals surface area contributed by atoms with E-state index in [1.54, 1.807) is 0 Å². The van der Waals surface area contributed by atoms with Crippen molar-refractivity contribution in [2.45, 2.75) is 57.9 Å². The molecule has 1 nitrogen and oxygen atoms in total. The Morgan fingerprint density at radius 2 is 2.00 bits per heavy atom. The minimum atomic E-state index is 0.559. The largest absolute Gasteiger partial charge is 0.310 e. The maximum absolute atomic E-state index is 3.77. The molecule has 2 aliphatic rings. The van der Waals surface area contributed by atoms with Crippen molar-refractivity contribution >= 4 is 27.3 Å². The summed E-state index contributed by atoms with van der Waals surface area (Å²) in [7, 11) is 0. The first-order valence-corrected chi connectivity index (χ1v) is 9.98. The number of hydrogen-bond acceptors (Lipinski definition) is 2. The number of rotatable bonds is 4. The molecule has 0 aliphatic heterocycles. The Hall–Kier alpha value is 0.140. The van der Waals surface area contributed by atoms with Gasteiger partial charge in [-0.3, -0.25) is 0 Å². The quantitative estimate of drug-likeness (QED) is 0.722. The van der Waals surface area contributed by atoms with Crippen LogP contribution in [0.15, 0.2) is 15.2 Å². The molecular formula is C17H26BrNS. The average molecular weight is 356 g/mol. The Balaban J connectivity index is 1.73. The highest BCUT2D eigenvalue weighted by Gasteiger charge is 2.36. The second-order valence-electron chi connectivity index (χ2n) is 6.59. The van der Waals surface area contributed by atoms with Gasteiger partial charge in [0.2, 0.25) is 0 Å². The summed E-state index contributed by atoms with van der Waals surface area (Å²) in [6, 6.07) is 0.559. The van der Waals surface area contributed by atoms with Crippen molar-refractivity contribution in [3.8, 4) is 0 Å². The molecule has 2 fully saturated rings. The molecule has 0 saturated heterocycles. The number of fused-ring (bicyclic) bond motifs is 1. The highest BCUT2D eigenvalue weighted by Crippen LogP contribution is 2.47. The molecule has 112 valence electrons. The van der Waals surface area contributed by atoms with Crippen LogP contribution in [0.3, 0.4) is 0 Å². The molecule has 3 rings (SSSR count). The van der Waals surface area contributed by atoms with Crippen LogP contribution in [0.1, 0.15) is 63.5 Å². The van der Waals surface area contributed by atoms with E-state index in [9.17, 15) is 0 Å². The van der Waals surface area contributed by atoms with E-state index in [-0.39, 0.29) is 0 Å². The molecule has 3 heteroatoms. The summed E-state index contributed by atoms with van der Waals surface area (Å²) in [5.41, 5.74) is 1.50. The summed E-state index contributed by atoms with van der Waals surface area (Å²) in [5, 5.41) is 8.33. The van der Waals surface area contributed by atoms with Crippen molar-refractivity contribution in [3.05, 3.63) is 20.8 Å². The SMILES string of the molecule is CCNC(c1cscc1Br)C1CCC2CCCCC2C1. The predicted octanol–water partition coefficient (Wildman–Crippen LogP) is 5.77. The molecule has 0 radical (unpaired) electrons. The van der Waals surface area contributed by atoms with Crippen LogP contribution in [-0.4, -0.2) is 6.54 Å². The summed E-state index contributed by atoms with van der Waals surface area (Å²) >= 11 is 5.56. The lowest BCUT2D eigenvalue weighted by molar-refractivity contribution is 0.110. The summed E-state index contributed by atoms with van der Waals surface area (Å²) in [6.07, 6.45) is 10.3. The maximum atomic E-state index is 3.77. The lowest BCUT2D eigenvalue weighted by Crippen LogP contribution is -2.35. The third kappa shape index (κ3) is 3.15. The molecule has 0 amide bonds. The molecule has 20 heavy (non-hydrogen) atoms. The Labute approximate surface area is 135 Å². The summed E-state index contributed by atoms with van der Waals surface area (Å²) in [4.78, 5) is 0. The summed E-state index contributed by atoms with van der Waals surface area (Å²) in [5.74, 6) is 2.90. The highest BCUT2D eigenvalue weighted by atomic mass is 79.9. The van der Waals surface area contributed by atoms with E-state index in [2.05, 4.69) is 38.9 Å². The molecule has 4 unspecified atom stereocenters. The monoisotopic (exact) mass is 355 g/mol. The van der Waals surface area contributed by atoms with E-state index < -0.39 is 0 Å². The topological polar surface area (TPSA) is 12.0 Å². The van der Waals surface area contributed by atoms with Crippen LogP contribution in [0, 0.1) is 17.8 Å². The van der Waals surface area contributed by atoms with Gasteiger partial charge in [0, 0.05) is 15.9 Å².